The van der Waals surface area contributed by atoms with Gasteiger partial charge in [-0.1, -0.05) is 49.7 Å². The third-order valence-corrected chi connectivity index (χ3v) is 4.60. The topological polar surface area (TPSA) is 49.4 Å². The Labute approximate surface area is 170 Å². The molecule has 0 fully saturated rings. The third-order valence-electron chi connectivity index (χ3n) is 4.36. The van der Waals surface area contributed by atoms with Crippen LogP contribution in [0.3, 0.4) is 0 Å². The van der Waals surface area contributed by atoms with Gasteiger partial charge in [-0.3, -0.25) is 9.59 Å². The van der Waals surface area contributed by atoms with Crippen LogP contribution in [-0.2, 0) is 22.6 Å². The van der Waals surface area contributed by atoms with E-state index in [-0.39, 0.29) is 30.6 Å². The van der Waals surface area contributed by atoms with Gasteiger partial charge in [-0.25, -0.2) is 4.39 Å². The van der Waals surface area contributed by atoms with Gasteiger partial charge in [0, 0.05) is 18.1 Å². The molecule has 0 heterocycles. The van der Waals surface area contributed by atoms with Crippen LogP contribution in [0.25, 0.3) is 0 Å². The maximum Gasteiger partial charge on any atom is 0.242 e. The van der Waals surface area contributed by atoms with Crippen LogP contribution < -0.4 is 5.32 Å². The van der Waals surface area contributed by atoms with Gasteiger partial charge in [-0.15, -0.1) is 0 Å². The largest absolute Gasteiger partial charge is 0.354 e. The maximum absolute atomic E-state index is 13.2. The first-order chi connectivity index (χ1) is 13.3. The molecule has 0 aliphatic carbocycles. The molecule has 0 bridgehead atoms. The van der Waals surface area contributed by atoms with E-state index in [1.165, 1.54) is 17.0 Å². The van der Waals surface area contributed by atoms with E-state index in [4.69, 9.17) is 11.6 Å². The number of hydrogen-bond acceptors (Lipinski definition) is 2. The summed E-state index contributed by atoms with van der Waals surface area (Å²) in [5.41, 5.74) is 1.53. The molecule has 150 valence electrons. The molecular formula is C22H26ClFN2O2. The lowest BCUT2D eigenvalue weighted by Crippen LogP contribution is -2.48. The first-order valence-corrected chi connectivity index (χ1v) is 9.70. The van der Waals surface area contributed by atoms with Crippen molar-refractivity contribution in [1.29, 1.82) is 0 Å². The summed E-state index contributed by atoms with van der Waals surface area (Å²) in [6.07, 6.45) is 0.129. The number of nitrogens with zero attached hydrogens (tertiary/aromatic N) is 1. The van der Waals surface area contributed by atoms with Gasteiger partial charge in [0.2, 0.25) is 11.8 Å². The second-order valence-electron chi connectivity index (χ2n) is 7.27. The van der Waals surface area contributed by atoms with Crippen molar-refractivity contribution in [3.63, 3.8) is 0 Å². The molecule has 0 aliphatic rings. The summed E-state index contributed by atoms with van der Waals surface area (Å²) >= 11 is 6.01. The van der Waals surface area contributed by atoms with E-state index in [9.17, 15) is 14.0 Å². The van der Waals surface area contributed by atoms with Crippen LogP contribution in [0.5, 0.6) is 0 Å². The van der Waals surface area contributed by atoms with Crippen molar-refractivity contribution in [2.45, 2.75) is 39.8 Å². The van der Waals surface area contributed by atoms with Gasteiger partial charge in [0.15, 0.2) is 0 Å². The fourth-order valence-electron chi connectivity index (χ4n) is 2.74. The van der Waals surface area contributed by atoms with Crippen LogP contribution >= 0.6 is 11.6 Å². The minimum absolute atomic E-state index is 0.129. The molecule has 0 saturated heterocycles. The number of benzene rings is 2. The van der Waals surface area contributed by atoms with Crippen molar-refractivity contribution >= 4 is 23.4 Å². The molecule has 2 aromatic carbocycles. The van der Waals surface area contributed by atoms with Crippen LogP contribution in [0.1, 0.15) is 31.9 Å². The Hall–Kier alpha value is -2.40. The second kappa shape index (κ2) is 10.2. The smallest absolute Gasteiger partial charge is 0.242 e. The van der Waals surface area contributed by atoms with Crippen LogP contribution in [-0.4, -0.2) is 29.3 Å². The zero-order chi connectivity index (χ0) is 20.7. The quantitative estimate of drug-likeness (QED) is 0.716. The van der Waals surface area contributed by atoms with Gasteiger partial charge in [-0.05, 0) is 48.2 Å². The highest BCUT2D eigenvalue weighted by Gasteiger charge is 2.26. The number of rotatable bonds is 8. The van der Waals surface area contributed by atoms with E-state index in [0.29, 0.717) is 17.5 Å². The third kappa shape index (κ3) is 6.64. The number of amides is 2. The Morgan fingerprint density at radius 3 is 2.36 bits per heavy atom. The van der Waals surface area contributed by atoms with Crippen LogP contribution in [0, 0.1) is 11.7 Å². The van der Waals surface area contributed by atoms with Crippen molar-refractivity contribution in [2.24, 2.45) is 5.92 Å². The Kier molecular flexibility index (Phi) is 8.00. The van der Waals surface area contributed by atoms with Gasteiger partial charge >= 0.3 is 0 Å². The summed E-state index contributed by atoms with van der Waals surface area (Å²) in [5.74, 6) is -0.443. The molecule has 0 spiro atoms. The molecule has 1 unspecified atom stereocenters. The number of halogens is 2. The summed E-state index contributed by atoms with van der Waals surface area (Å²) < 4.78 is 13.2. The first-order valence-electron chi connectivity index (χ1n) is 9.32. The van der Waals surface area contributed by atoms with Crippen LogP contribution in [0.15, 0.2) is 48.5 Å². The van der Waals surface area contributed by atoms with Gasteiger partial charge in [0.05, 0.1) is 6.42 Å². The summed E-state index contributed by atoms with van der Waals surface area (Å²) in [6.45, 7) is 6.47. The number of carbonyl (C=O) groups is 2. The van der Waals surface area contributed by atoms with E-state index < -0.39 is 6.04 Å². The highest BCUT2D eigenvalue weighted by molar-refractivity contribution is 6.30. The van der Waals surface area contributed by atoms with Crippen LogP contribution in [0.2, 0.25) is 5.02 Å². The molecule has 0 saturated carbocycles. The zero-order valence-electron chi connectivity index (χ0n) is 16.4. The summed E-state index contributed by atoms with van der Waals surface area (Å²) in [7, 11) is 0. The van der Waals surface area contributed by atoms with E-state index >= 15 is 0 Å². The highest BCUT2D eigenvalue weighted by atomic mass is 35.5. The lowest BCUT2D eigenvalue weighted by Gasteiger charge is -2.29. The molecule has 2 aromatic rings. The van der Waals surface area contributed by atoms with Crippen LogP contribution in [0.4, 0.5) is 4.39 Å². The SMILES string of the molecule is CC(C)CNC(=O)C(C)N(Cc1ccc(F)cc1)C(=O)Cc1cccc(Cl)c1. The predicted molar refractivity (Wildman–Crippen MR) is 109 cm³/mol. The van der Waals surface area contributed by atoms with Gasteiger partial charge < -0.3 is 10.2 Å². The van der Waals surface area contributed by atoms with Crippen molar-refractivity contribution in [3.05, 3.63) is 70.5 Å². The molecule has 0 radical (unpaired) electrons. The monoisotopic (exact) mass is 404 g/mol. The average molecular weight is 405 g/mol. The first kappa shape index (κ1) is 21.9. The lowest BCUT2D eigenvalue weighted by atomic mass is 10.1. The molecule has 1 atom stereocenters. The molecular weight excluding hydrogens is 379 g/mol. The number of hydrogen-bond donors (Lipinski definition) is 1. The van der Waals surface area contributed by atoms with Gasteiger partial charge in [-0.2, -0.15) is 0 Å². The van der Waals surface area contributed by atoms with E-state index in [1.807, 2.05) is 19.9 Å². The molecule has 4 nitrogen and oxygen atoms in total. The molecule has 2 amide bonds. The Balaban J connectivity index is 2.19. The van der Waals surface area contributed by atoms with E-state index in [0.717, 1.165) is 11.1 Å². The Morgan fingerprint density at radius 1 is 1.07 bits per heavy atom. The normalized spacial score (nSPS) is 11.9. The van der Waals surface area contributed by atoms with E-state index in [1.54, 1.807) is 37.3 Å². The summed E-state index contributed by atoms with van der Waals surface area (Å²) in [6, 6.07) is 12.4. The van der Waals surface area contributed by atoms with E-state index in [2.05, 4.69) is 5.32 Å². The number of nitrogens with one attached hydrogen (secondary N) is 1. The molecule has 0 aliphatic heterocycles. The molecule has 0 aromatic heterocycles. The fourth-order valence-corrected chi connectivity index (χ4v) is 2.96. The Morgan fingerprint density at radius 2 is 1.75 bits per heavy atom. The number of carbonyl (C=O) groups excluding carboxylic acids is 2. The average Bonchev–Trinajstić information content (AvgIpc) is 2.65. The molecule has 2 rings (SSSR count). The van der Waals surface area contributed by atoms with Crippen molar-refractivity contribution in [3.8, 4) is 0 Å². The van der Waals surface area contributed by atoms with Gasteiger partial charge in [0.25, 0.3) is 0 Å². The van der Waals surface area contributed by atoms with Gasteiger partial charge in [0.1, 0.15) is 11.9 Å². The van der Waals surface area contributed by atoms with Crippen molar-refractivity contribution in [2.75, 3.05) is 6.54 Å². The molecule has 1 N–H and O–H groups in total. The predicted octanol–water partition coefficient (Wildman–Crippen LogP) is 4.21. The summed E-state index contributed by atoms with van der Waals surface area (Å²) in [5, 5.41) is 3.42. The minimum atomic E-state index is -0.657. The summed E-state index contributed by atoms with van der Waals surface area (Å²) in [4.78, 5) is 27.1. The fraction of sp³-hybridized carbons (Fsp3) is 0.364. The zero-order valence-corrected chi connectivity index (χ0v) is 17.2. The van der Waals surface area contributed by atoms with Crippen molar-refractivity contribution < 1.29 is 14.0 Å². The maximum atomic E-state index is 13.2. The second-order valence-corrected chi connectivity index (χ2v) is 7.71. The Bertz CT molecular complexity index is 808. The lowest BCUT2D eigenvalue weighted by molar-refractivity contribution is -0.140. The standard InChI is InChI=1S/C22H26ClFN2O2/c1-15(2)13-25-22(28)16(3)26(14-17-7-9-20(24)10-8-17)21(27)12-18-5-4-6-19(23)11-18/h4-11,15-16H,12-14H2,1-3H3,(H,25,28). The van der Waals surface area contributed by atoms with Crippen molar-refractivity contribution in [1.82, 2.24) is 10.2 Å². The highest BCUT2D eigenvalue weighted by Crippen LogP contribution is 2.15. The molecule has 6 heteroatoms. The minimum Gasteiger partial charge on any atom is -0.354 e. The molecule has 28 heavy (non-hydrogen) atoms.